The van der Waals surface area contributed by atoms with Crippen LogP contribution >= 0.6 is 0 Å². The van der Waals surface area contributed by atoms with Gasteiger partial charge < -0.3 is 5.32 Å². The van der Waals surface area contributed by atoms with Gasteiger partial charge in [0.2, 0.25) is 0 Å². The van der Waals surface area contributed by atoms with Gasteiger partial charge in [0.1, 0.15) is 0 Å². The topological polar surface area (TPSA) is 95.5 Å². The number of carbonyl (C=O) groups is 1. The van der Waals surface area contributed by atoms with Gasteiger partial charge in [-0.3, -0.25) is 10.0 Å². The minimum Gasteiger partial charge on any atom is -0.317 e. The highest BCUT2D eigenvalue weighted by Gasteiger charge is 2.60. The summed E-state index contributed by atoms with van der Waals surface area (Å²) < 4.78 is 25.0. The number of nitrogens with one attached hydrogen (secondary N) is 2. The highest BCUT2D eigenvalue weighted by molar-refractivity contribution is 7.93. The molecular formula is C17H24N2O4S. The summed E-state index contributed by atoms with van der Waals surface area (Å²) in [6, 6.07) is 6.55. The summed E-state index contributed by atoms with van der Waals surface area (Å²) in [5.74, 6) is -0.807. The van der Waals surface area contributed by atoms with E-state index >= 15 is 0 Å². The van der Waals surface area contributed by atoms with Crippen molar-refractivity contribution < 1.29 is 18.4 Å². The van der Waals surface area contributed by atoms with Crippen LogP contribution in [-0.2, 0) is 14.6 Å². The molecule has 0 aromatic heterocycles. The van der Waals surface area contributed by atoms with Gasteiger partial charge in [-0.2, -0.15) is 0 Å². The molecule has 1 amide bonds. The molecule has 1 aromatic rings. The van der Waals surface area contributed by atoms with E-state index in [9.17, 15) is 18.4 Å². The summed E-state index contributed by atoms with van der Waals surface area (Å²) in [4.78, 5) is 12.6. The van der Waals surface area contributed by atoms with Crippen LogP contribution < -0.4 is 10.8 Å². The van der Waals surface area contributed by atoms with Crippen LogP contribution in [0.4, 0.5) is 0 Å². The second-order valence-corrected chi connectivity index (χ2v) is 9.44. The van der Waals surface area contributed by atoms with Gasteiger partial charge in [0, 0.05) is 0 Å². The van der Waals surface area contributed by atoms with E-state index in [2.05, 4.69) is 5.32 Å². The van der Waals surface area contributed by atoms with Crippen molar-refractivity contribution in [2.24, 2.45) is 5.41 Å². The second kappa shape index (κ2) is 6.13. The SMILES string of the molecule is Cc1ccc(S(=O)(=O)C2(C(=O)NO)CCC3(CCNCC3)C2)cc1. The fourth-order valence-electron chi connectivity index (χ4n) is 4.22. The number of hydrogen-bond acceptors (Lipinski definition) is 5. The van der Waals surface area contributed by atoms with E-state index in [1.807, 2.05) is 6.92 Å². The van der Waals surface area contributed by atoms with Gasteiger partial charge in [-0.25, -0.2) is 13.9 Å². The smallest absolute Gasteiger partial charge is 0.265 e. The third kappa shape index (κ3) is 2.64. The first-order valence-corrected chi connectivity index (χ1v) is 9.80. The molecule has 1 saturated carbocycles. The lowest BCUT2D eigenvalue weighted by Crippen LogP contribution is -2.51. The lowest BCUT2D eigenvalue weighted by atomic mass is 9.77. The van der Waals surface area contributed by atoms with Crippen LogP contribution in [0.15, 0.2) is 29.2 Å². The number of carbonyl (C=O) groups excluding carboxylic acids is 1. The Labute approximate surface area is 142 Å². The number of hydrogen-bond donors (Lipinski definition) is 3. The van der Waals surface area contributed by atoms with Gasteiger partial charge in [-0.1, -0.05) is 17.7 Å². The average Bonchev–Trinajstić information content (AvgIpc) is 2.96. The molecule has 1 aromatic carbocycles. The van der Waals surface area contributed by atoms with Gasteiger partial charge in [0.05, 0.1) is 4.90 Å². The zero-order chi connectivity index (χ0) is 17.4. The Balaban J connectivity index is 2.04. The Morgan fingerprint density at radius 3 is 2.33 bits per heavy atom. The summed E-state index contributed by atoms with van der Waals surface area (Å²) in [5.41, 5.74) is 2.43. The third-order valence-electron chi connectivity index (χ3n) is 5.74. The molecule has 3 rings (SSSR count). The van der Waals surface area contributed by atoms with Gasteiger partial charge in [-0.05, 0) is 69.7 Å². The van der Waals surface area contributed by atoms with Gasteiger partial charge >= 0.3 is 0 Å². The van der Waals surface area contributed by atoms with E-state index in [0.29, 0.717) is 6.42 Å². The van der Waals surface area contributed by atoms with Crippen molar-refractivity contribution in [3.8, 4) is 0 Å². The monoisotopic (exact) mass is 352 g/mol. The Morgan fingerprint density at radius 2 is 1.75 bits per heavy atom. The molecule has 24 heavy (non-hydrogen) atoms. The lowest BCUT2D eigenvalue weighted by Gasteiger charge is -2.36. The fourth-order valence-corrected chi connectivity index (χ4v) is 6.33. The molecule has 1 aliphatic carbocycles. The first-order chi connectivity index (χ1) is 11.4. The summed E-state index contributed by atoms with van der Waals surface area (Å²) >= 11 is 0. The quantitative estimate of drug-likeness (QED) is 0.567. The van der Waals surface area contributed by atoms with Crippen LogP contribution in [0.25, 0.3) is 0 Å². The molecule has 1 aliphatic heterocycles. The van der Waals surface area contributed by atoms with E-state index < -0.39 is 20.5 Å². The maximum atomic E-state index is 13.3. The van der Waals surface area contributed by atoms with Gasteiger partial charge in [0.25, 0.3) is 5.91 Å². The van der Waals surface area contributed by atoms with Gasteiger partial charge in [0.15, 0.2) is 14.6 Å². The largest absolute Gasteiger partial charge is 0.317 e. The van der Waals surface area contributed by atoms with Crippen molar-refractivity contribution in [2.45, 2.75) is 48.7 Å². The summed E-state index contributed by atoms with van der Waals surface area (Å²) in [7, 11) is -3.90. The molecule has 0 radical (unpaired) electrons. The number of sulfone groups is 1. The van der Waals surface area contributed by atoms with Crippen molar-refractivity contribution in [1.29, 1.82) is 0 Å². The maximum absolute atomic E-state index is 13.3. The Kier molecular flexibility index (Phi) is 4.44. The van der Waals surface area contributed by atoms with Crippen molar-refractivity contribution in [3.05, 3.63) is 29.8 Å². The summed E-state index contributed by atoms with van der Waals surface area (Å²) in [6.45, 7) is 3.55. The predicted molar refractivity (Wildman–Crippen MR) is 89.4 cm³/mol. The van der Waals surface area contributed by atoms with E-state index in [1.54, 1.807) is 29.7 Å². The number of amides is 1. The van der Waals surface area contributed by atoms with Crippen molar-refractivity contribution >= 4 is 15.7 Å². The van der Waals surface area contributed by atoms with Crippen molar-refractivity contribution in [3.63, 3.8) is 0 Å². The fraction of sp³-hybridized carbons (Fsp3) is 0.588. The predicted octanol–water partition coefficient (Wildman–Crippen LogP) is 1.57. The van der Waals surface area contributed by atoms with E-state index in [-0.39, 0.29) is 23.2 Å². The van der Waals surface area contributed by atoms with Gasteiger partial charge in [-0.15, -0.1) is 0 Å². The zero-order valence-electron chi connectivity index (χ0n) is 13.8. The van der Waals surface area contributed by atoms with E-state index in [4.69, 9.17) is 0 Å². The molecule has 0 bridgehead atoms. The number of aryl methyl sites for hydroxylation is 1. The van der Waals surface area contributed by atoms with Crippen LogP contribution in [0, 0.1) is 12.3 Å². The Hall–Kier alpha value is -1.44. The van der Waals surface area contributed by atoms with Crippen molar-refractivity contribution in [2.75, 3.05) is 13.1 Å². The van der Waals surface area contributed by atoms with Crippen LogP contribution in [0.1, 0.15) is 37.7 Å². The zero-order valence-corrected chi connectivity index (χ0v) is 14.7. The summed E-state index contributed by atoms with van der Waals surface area (Å²) in [6.07, 6.45) is 2.92. The molecule has 1 atom stereocenters. The minimum absolute atomic E-state index is 0.141. The average molecular weight is 352 g/mol. The number of hydroxylamine groups is 1. The molecule has 1 spiro atoms. The van der Waals surface area contributed by atoms with Crippen LogP contribution in [0.3, 0.4) is 0 Å². The molecule has 6 nitrogen and oxygen atoms in total. The summed E-state index contributed by atoms with van der Waals surface area (Å²) in [5, 5.41) is 12.5. The standard InChI is InChI=1S/C17H24N2O4S/c1-13-2-4-14(5-3-13)24(22,23)17(15(20)19-21)7-6-16(12-17)8-10-18-11-9-16/h2-5,18,21H,6-12H2,1H3,(H,19,20). The first-order valence-electron chi connectivity index (χ1n) is 8.32. The van der Waals surface area contributed by atoms with Crippen molar-refractivity contribution in [1.82, 2.24) is 10.8 Å². The molecule has 2 fully saturated rings. The molecule has 2 aliphatic rings. The number of benzene rings is 1. The van der Waals surface area contributed by atoms with E-state index in [1.165, 1.54) is 0 Å². The molecule has 1 unspecified atom stereocenters. The molecular weight excluding hydrogens is 328 g/mol. The van der Waals surface area contributed by atoms with E-state index in [0.717, 1.165) is 31.5 Å². The van der Waals surface area contributed by atoms with Crippen LogP contribution in [-0.4, -0.2) is 37.4 Å². The molecule has 132 valence electrons. The maximum Gasteiger partial charge on any atom is 0.265 e. The normalized spacial score (nSPS) is 26.4. The minimum atomic E-state index is -3.90. The Morgan fingerprint density at radius 1 is 1.12 bits per heavy atom. The number of piperidine rings is 1. The molecule has 1 heterocycles. The third-order valence-corrected chi connectivity index (χ3v) is 8.20. The molecule has 3 N–H and O–H groups in total. The second-order valence-electron chi connectivity index (χ2n) is 7.18. The Bertz CT molecular complexity index is 723. The lowest BCUT2D eigenvalue weighted by molar-refractivity contribution is -0.132. The first kappa shape index (κ1) is 17.4. The highest BCUT2D eigenvalue weighted by Crippen LogP contribution is 2.54. The highest BCUT2D eigenvalue weighted by atomic mass is 32.2. The van der Waals surface area contributed by atoms with Crippen LogP contribution in [0.5, 0.6) is 0 Å². The molecule has 7 heteroatoms. The molecule has 1 saturated heterocycles. The number of rotatable bonds is 3. The van der Waals surface area contributed by atoms with Crippen LogP contribution in [0.2, 0.25) is 0 Å².